The average Bonchev–Trinajstić information content (AvgIpc) is 2.60. The molecule has 0 aliphatic carbocycles. The van der Waals surface area contributed by atoms with Gasteiger partial charge in [0.25, 0.3) is 5.91 Å². The Morgan fingerprint density at radius 1 is 1.32 bits per heavy atom. The second-order valence-corrected chi connectivity index (χ2v) is 5.59. The van der Waals surface area contributed by atoms with E-state index >= 15 is 0 Å². The number of nitrogens with zero attached hydrogens (tertiary/aromatic N) is 3. The molecule has 25 heavy (non-hydrogen) atoms. The number of aromatic nitrogens is 2. The van der Waals surface area contributed by atoms with Crippen LogP contribution in [0.25, 0.3) is 0 Å². The Kier molecular flexibility index (Phi) is 8.92. The second-order valence-electron chi connectivity index (χ2n) is 5.20. The molecule has 0 bridgehead atoms. The number of hydrogen-bond donors (Lipinski definition) is 1. The van der Waals surface area contributed by atoms with Crippen LogP contribution in [-0.4, -0.2) is 53.1 Å². The quantitative estimate of drug-likeness (QED) is 0.792. The molecule has 9 heteroatoms. The number of ether oxygens (including phenoxy) is 1. The van der Waals surface area contributed by atoms with Crippen LogP contribution in [0.15, 0.2) is 42.7 Å². The lowest BCUT2D eigenvalue weighted by Gasteiger charge is -2.35. The highest BCUT2D eigenvalue weighted by atomic mass is 35.5. The molecule has 2 aromatic heterocycles. The molecule has 136 valence electrons. The summed E-state index contributed by atoms with van der Waals surface area (Å²) in [6.45, 7) is 2.42. The molecule has 6 nitrogen and oxygen atoms in total. The maximum absolute atomic E-state index is 12.7. The van der Waals surface area contributed by atoms with E-state index in [0.717, 1.165) is 6.54 Å². The van der Waals surface area contributed by atoms with Crippen LogP contribution < -0.4 is 10.1 Å². The Labute approximate surface area is 163 Å². The highest BCUT2D eigenvalue weighted by molar-refractivity contribution is 6.29. The molecule has 1 N–H and O–H groups in total. The van der Waals surface area contributed by atoms with Crippen molar-refractivity contribution in [1.29, 1.82) is 0 Å². The van der Waals surface area contributed by atoms with Crippen LogP contribution in [0.5, 0.6) is 5.75 Å². The Bertz CT molecular complexity index is 675. The number of pyridine rings is 2. The van der Waals surface area contributed by atoms with Crippen molar-refractivity contribution in [2.24, 2.45) is 0 Å². The summed E-state index contributed by atoms with van der Waals surface area (Å²) in [5, 5.41) is 3.60. The van der Waals surface area contributed by atoms with Crippen LogP contribution in [0.1, 0.15) is 10.5 Å². The van der Waals surface area contributed by atoms with Crippen molar-refractivity contribution in [3.05, 3.63) is 53.6 Å². The molecule has 0 radical (unpaired) electrons. The number of carbonyl (C=O) groups is 1. The van der Waals surface area contributed by atoms with Gasteiger partial charge in [0.05, 0.1) is 12.2 Å². The van der Waals surface area contributed by atoms with Crippen molar-refractivity contribution in [2.45, 2.75) is 6.04 Å². The van der Waals surface area contributed by atoms with E-state index in [4.69, 9.17) is 16.3 Å². The summed E-state index contributed by atoms with van der Waals surface area (Å²) < 4.78 is 5.74. The number of carbonyl (C=O) groups excluding carboxylic acids is 1. The van der Waals surface area contributed by atoms with Crippen molar-refractivity contribution in [3.63, 3.8) is 0 Å². The van der Waals surface area contributed by atoms with E-state index in [2.05, 4.69) is 15.3 Å². The van der Waals surface area contributed by atoms with E-state index in [9.17, 15) is 4.79 Å². The number of piperazine rings is 1. The van der Waals surface area contributed by atoms with Crippen molar-refractivity contribution >= 4 is 42.3 Å². The first-order chi connectivity index (χ1) is 11.2. The third-order valence-electron chi connectivity index (χ3n) is 3.62. The van der Waals surface area contributed by atoms with Crippen LogP contribution in [0.2, 0.25) is 5.15 Å². The Balaban J connectivity index is 0.00000156. The molecule has 1 saturated heterocycles. The van der Waals surface area contributed by atoms with Crippen molar-refractivity contribution < 1.29 is 9.53 Å². The van der Waals surface area contributed by atoms with Gasteiger partial charge in [0, 0.05) is 25.8 Å². The molecule has 0 spiro atoms. The fraction of sp³-hybridized carbons (Fsp3) is 0.312. The summed E-state index contributed by atoms with van der Waals surface area (Å²) in [4.78, 5) is 22.6. The summed E-state index contributed by atoms with van der Waals surface area (Å²) in [6.07, 6.45) is 3.34. The van der Waals surface area contributed by atoms with Gasteiger partial charge in [-0.05, 0) is 24.3 Å². The molecule has 1 fully saturated rings. The van der Waals surface area contributed by atoms with Gasteiger partial charge in [-0.1, -0.05) is 17.7 Å². The molecule has 1 aliphatic heterocycles. The Morgan fingerprint density at radius 2 is 2.16 bits per heavy atom. The van der Waals surface area contributed by atoms with Crippen LogP contribution in [0.3, 0.4) is 0 Å². The van der Waals surface area contributed by atoms with Gasteiger partial charge in [-0.15, -0.1) is 24.8 Å². The maximum atomic E-state index is 12.7. The van der Waals surface area contributed by atoms with Crippen molar-refractivity contribution in [2.75, 3.05) is 26.2 Å². The topological polar surface area (TPSA) is 67.4 Å². The fourth-order valence-electron chi connectivity index (χ4n) is 2.48. The van der Waals surface area contributed by atoms with E-state index in [1.165, 1.54) is 0 Å². The lowest BCUT2D eigenvalue weighted by Crippen LogP contribution is -2.56. The number of rotatable bonds is 4. The predicted octanol–water partition coefficient (Wildman–Crippen LogP) is 2.47. The van der Waals surface area contributed by atoms with Gasteiger partial charge in [-0.2, -0.15) is 0 Å². The van der Waals surface area contributed by atoms with E-state index < -0.39 is 0 Å². The molecule has 0 saturated carbocycles. The molecule has 0 aromatic carbocycles. The summed E-state index contributed by atoms with van der Waals surface area (Å²) in [6, 6.07) is 8.64. The number of amides is 1. The molecule has 3 rings (SSSR count). The SMILES string of the molecule is Cl.Cl.O=C(c1cccc(Cl)n1)N1CCNCC1COc1cccnc1. The molecular formula is C16H19Cl3N4O2. The first-order valence-electron chi connectivity index (χ1n) is 7.41. The van der Waals surface area contributed by atoms with Gasteiger partial charge in [0.1, 0.15) is 23.2 Å². The zero-order valence-corrected chi connectivity index (χ0v) is 15.7. The van der Waals surface area contributed by atoms with Gasteiger partial charge >= 0.3 is 0 Å². The van der Waals surface area contributed by atoms with Crippen molar-refractivity contribution in [1.82, 2.24) is 20.2 Å². The lowest BCUT2D eigenvalue weighted by atomic mass is 10.2. The third-order valence-corrected chi connectivity index (χ3v) is 3.83. The maximum Gasteiger partial charge on any atom is 0.272 e. The average molecular weight is 406 g/mol. The largest absolute Gasteiger partial charge is 0.490 e. The molecule has 1 atom stereocenters. The molecule has 1 aliphatic rings. The normalized spacial score (nSPS) is 16.4. The van der Waals surface area contributed by atoms with Crippen LogP contribution in [0.4, 0.5) is 0 Å². The minimum Gasteiger partial charge on any atom is -0.490 e. The minimum atomic E-state index is -0.131. The van der Waals surface area contributed by atoms with E-state index in [-0.39, 0.29) is 36.8 Å². The number of hydrogen-bond acceptors (Lipinski definition) is 5. The van der Waals surface area contributed by atoms with E-state index in [1.54, 1.807) is 35.5 Å². The smallest absolute Gasteiger partial charge is 0.272 e. The van der Waals surface area contributed by atoms with Gasteiger partial charge < -0.3 is 15.0 Å². The highest BCUT2D eigenvalue weighted by Gasteiger charge is 2.28. The van der Waals surface area contributed by atoms with Crippen LogP contribution >= 0.6 is 36.4 Å². The third kappa shape index (κ3) is 5.71. The first kappa shape index (κ1) is 21.4. The zero-order chi connectivity index (χ0) is 16.1. The summed E-state index contributed by atoms with van der Waals surface area (Å²) in [7, 11) is 0. The van der Waals surface area contributed by atoms with Crippen molar-refractivity contribution in [3.8, 4) is 5.75 Å². The minimum absolute atomic E-state index is 0. The fourth-order valence-corrected chi connectivity index (χ4v) is 2.64. The van der Waals surface area contributed by atoms with Gasteiger partial charge in [0.15, 0.2) is 0 Å². The molecule has 1 amide bonds. The standard InChI is InChI=1S/C16H17ClN4O2.2ClH/c17-15-5-1-4-14(20-15)16(22)21-8-7-19-9-12(21)11-23-13-3-2-6-18-10-13;;/h1-6,10,12,19H,7-9,11H2;2*1H. The monoisotopic (exact) mass is 404 g/mol. The molecular weight excluding hydrogens is 387 g/mol. The molecule has 2 aromatic rings. The highest BCUT2D eigenvalue weighted by Crippen LogP contribution is 2.14. The van der Waals surface area contributed by atoms with Gasteiger partial charge in [-0.25, -0.2) is 4.98 Å². The first-order valence-corrected chi connectivity index (χ1v) is 7.79. The second kappa shape index (κ2) is 10.4. The Morgan fingerprint density at radius 3 is 2.88 bits per heavy atom. The predicted molar refractivity (Wildman–Crippen MR) is 101 cm³/mol. The van der Waals surface area contributed by atoms with Crippen LogP contribution in [-0.2, 0) is 0 Å². The van der Waals surface area contributed by atoms with Crippen LogP contribution in [0, 0.1) is 0 Å². The lowest BCUT2D eigenvalue weighted by molar-refractivity contribution is 0.0553. The number of nitrogens with one attached hydrogen (secondary N) is 1. The van der Waals surface area contributed by atoms with E-state index in [1.807, 2.05) is 12.1 Å². The number of halogens is 3. The summed E-state index contributed by atoms with van der Waals surface area (Å²) >= 11 is 5.88. The molecule has 3 heterocycles. The zero-order valence-electron chi connectivity index (χ0n) is 13.3. The molecule has 1 unspecified atom stereocenters. The van der Waals surface area contributed by atoms with E-state index in [0.29, 0.717) is 36.3 Å². The summed E-state index contributed by atoms with van der Waals surface area (Å²) in [5.74, 6) is 0.556. The summed E-state index contributed by atoms with van der Waals surface area (Å²) in [5.41, 5.74) is 0.353. The van der Waals surface area contributed by atoms with Gasteiger partial charge in [-0.3, -0.25) is 9.78 Å². The Hall–Kier alpha value is -1.60. The van der Waals surface area contributed by atoms with Gasteiger partial charge in [0.2, 0.25) is 0 Å².